The molecule has 1 aliphatic carbocycles. The van der Waals surface area contributed by atoms with E-state index >= 15 is 0 Å². The summed E-state index contributed by atoms with van der Waals surface area (Å²) in [5.74, 6) is -0.225. The number of aromatic nitrogens is 3. The Balaban J connectivity index is 1.40. The molecule has 3 aromatic carbocycles. The van der Waals surface area contributed by atoms with Gasteiger partial charge in [0.2, 0.25) is 0 Å². The van der Waals surface area contributed by atoms with Gasteiger partial charge in [0.25, 0.3) is 5.91 Å². The van der Waals surface area contributed by atoms with Crippen LogP contribution in [0, 0.1) is 11.6 Å². The molecule has 2 heterocycles. The first-order valence-corrected chi connectivity index (χ1v) is 11.4. The summed E-state index contributed by atoms with van der Waals surface area (Å²) in [6.07, 6.45) is 3.77. The number of nitrogens with zero attached hydrogens (tertiary/aromatic N) is 3. The highest BCUT2D eigenvalue weighted by molar-refractivity contribution is 5.95. The Morgan fingerprint density at radius 2 is 1.71 bits per heavy atom. The first-order chi connectivity index (χ1) is 17.0. The number of nitrogens with one attached hydrogen (secondary N) is 2. The summed E-state index contributed by atoms with van der Waals surface area (Å²) in [6.45, 7) is 0.419. The van der Waals surface area contributed by atoms with Gasteiger partial charge in [0.15, 0.2) is 11.5 Å². The molecule has 5 aromatic rings. The van der Waals surface area contributed by atoms with Gasteiger partial charge in [-0.1, -0.05) is 24.3 Å². The van der Waals surface area contributed by atoms with Crippen LogP contribution in [0.3, 0.4) is 0 Å². The van der Waals surface area contributed by atoms with Crippen molar-refractivity contribution in [1.82, 2.24) is 19.7 Å². The van der Waals surface area contributed by atoms with Crippen LogP contribution in [0.5, 0.6) is 0 Å². The van der Waals surface area contributed by atoms with Gasteiger partial charge >= 0.3 is 0 Å². The van der Waals surface area contributed by atoms with E-state index in [0.29, 0.717) is 34.6 Å². The van der Waals surface area contributed by atoms with Crippen LogP contribution in [0.1, 0.15) is 28.8 Å². The third-order valence-electron chi connectivity index (χ3n) is 6.11. The maximum atomic E-state index is 14.2. The minimum Gasteiger partial charge on any atom is -0.363 e. The standard InChI is InChI=1S/C27H21F2N5O/c28-19-7-1-16(2-8-19)14-30-25-26-31-15-24(34(26)23-13-20(29)9-12-22(23)33-25)17-3-5-18(6-4-17)27(35)32-21-10-11-21/h1-9,12-13,15,21H,10-11,14H2,(H,30,33)(H,32,35). The fraction of sp³-hybridized carbons (Fsp3) is 0.148. The summed E-state index contributed by atoms with van der Waals surface area (Å²) in [4.78, 5) is 21.6. The Kier molecular flexibility index (Phi) is 5.13. The normalized spacial score (nSPS) is 13.3. The third-order valence-corrected chi connectivity index (χ3v) is 6.11. The summed E-state index contributed by atoms with van der Waals surface area (Å²) in [7, 11) is 0. The highest BCUT2D eigenvalue weighted by Crippen LogP contribution is 2.29. The minimum absolute atomic E-state index is 0.0822. The van der Waals surface area contributed by atoms with Crippen LogP contribution in [0.15, 0.2) is 72.9 Å². The molecule has 6 rings (SSSR count). The van der Waals surface area contributed by atoms with Gasteiger partial charge in [-0.3, -0.25) is 9.20 Å². The number of hydrogen-bond acceptors (Lipinski definition) is 4. The van der Waals surface area contributed by atoms with E-state index in [1.807, 2.05) is 16.5 Å². The van der Waals surface area contributed by atoms with Crippen LogP contribution in [-0.2, 0) is 6.54 Å². The first-order valence-electron chi connectivity index (χ1n) is 11.4. The van der Waals surface area contributed by atoms with E-state index < -0.39 is 0 Å². The Labute approximate surface area is 199 Å². The van der Waals surface area contributed by atoms with Crippen molar-refractivity contribution in [2.24, 2.45) is 0 Å². The van der Waals surface area contributed by atoms with Crippen molar-refractivity contribution >= 4 is 28.4 Å². The molecule has 1 aliphatic rings. The highest BCUT2D eigenvalue weighted by Gasteiger charge is 2.24. The van der Waals surface area contributed by atoms with Gasteiger partial charge in [-0.25, -0.2) is 18.7 Å². The van der Waals surface area contributed by atoms with E-state index in [1.54, 1.807) is 36.5 Å². The Hall–Kier alpha value is -4.33. The number of anilines is 1. The van der Waals surface area contributed by atoms with Crippen molar-refractivity contribution in [2.45, 2.75) is 25.4 Å². The fourth-order valence-corrected chi connectivity index (χ4v) is 4.10. The van der Waals surface area contributed by atoms with E-state index in [1.165, 1.54) is 24.3 Å². The average Bonchev–Trinajstić information content (AvgIpc) is 3.57. The number of benzene rings is 3. The predicted molar refractivity (Wildman–Crippen MR) is 130 cm³/mol. The Morgan fingerprint density at radius 3 is 2.46 bits per heavy atom. The van der Waals surface area contributed by atoms with Gasteiger partial charge < -0.3 is 10.6 Å². The molecule has 2 aromatic heterocycles. The molecular weight excluding hydrogens is 448 g/mol. The van der Waals surface area contributed by atoms with Crippen molar-refractivity contribution in [3.63, 3.8) is 0 Å². The zero-order chi connectivity index (χ0) is 23.9. The predicted octanol–water partition coefficient (Wildman–Crippen LogP) is 5.33. The zero-order valence-electron chi connectivity index (χ0n) is 18.6. The lowest BCUT2D eigenvalue weighted by Gasteiger charge is -2.12. The van der Waals surface area contributed by atoms with Crippen LogP contribution < -0.4 is 10.6 Å². The van der Waals surface area contributed by atoms with E-state index in [4.69, 9.17) is 0 Å². The SMILES string of the molecule is O=C(NC1CC1)c1ccc(-c2cnc3c(NCc4ccc(F)cc4)nc4ccc(F)cc4n23)cc1. The van der Waals surface area contributed by atoms with Crippen LogP contribution in [0.4, 0.5) is 14.6 Å². The van der Waals surface area contributed by atoms with E-state index in [9.17, 15) is 13.6 Å². The van der Waals surface area contributed by atoms with Gasteiger partial charge in [0, 0.05) is 29.8 Å². The first kappa shape index (κ1) is 21.2. The largest absolute Gasteiger partial charge is 0.363 e. The summed E-state index contributed by atoms with van der Waals surface area (Å²) < 4.78 is 29.3. The van der Waals surface area contributed by atoms with Crippen molar-refractivity contribution < 1.29 is 13.6 Å². The number of fused-ring (bicyclic) bond motifs is 3. The van der Waals surface area contributed by atoms with Crippen LogP contribution >= 0.6 is 0 Å². The smallest absolute Gasteiger partial charge is 0.251 e. The molecule has 1 saturated carbocycles. The Bertz CT molecular complexity index is 1560. The maximum absolute atomic E-state index is 14.2. The number of hydrogen-bond donors (Lipinski definition) is 2. The van der Waals surface area contributed by atoms with E-state index in [0.717, 1.165) is 29.7 Å². The van der Waals surface area contributed by atoms with E-state index in [-0.39, 0.29) is 23.6 Å². The van der Waals surface area contributed by atoms with Crippen molar-refractivity contribution in [3.8, 4) is 11.3 Å². The fourth-order valence-electron chi connectivity index (χ4n) is 4.10. The topological polar surface area (TPSA) is 71.3 Å². The van der Waals surface area contributed by atoms with Gasteiger partial charge in [-0.2, -0.15) is 0 Å². The summed E-state index contributed by atoms with van der Waals surface area (Å²) >= 11 is 0. The van der Waals surface area contributed by atoms with Gasteiger partial charge in [0.1, 0.15) is 11.6 Å². The Morgan fingerprint density at radius 1 is 0.971 bits per heavy atom. The maximum Gasteiger partial charge on any atom is 0.251 e. The third kappa shape index (κ3) is 4.19. The summed E-state index contributed by atoms with van der Waals surface area (Å²) in [5.41, 5.74) is 4.77. The average molecular weight is 469 g/mol. The zero-order valence-corrected chi connectivity index (χ0v) is 18.6. The number of rotatable bonds is 6. The molecule has 174 valence electrons. The minimum atomic E-state index is -0.376. The van der Waals surface area contributed by atoms with Gasteiger partial charge in [-0.05, 0) is 54.8 Å². The molecule has 6 nitrogen and oxygen atoms in total. The van der Waals surface area contributed by atoms with Gasteiger partial charge in [-0.15, -0.1) is 0 Å². The summed E-state index contributed by atoms with van der Waals surface area (Å²) in [5, 5.41) is 6.27. The molecule has 0 radical (unpaired) electrons. The number of carbonyl (C=O) groups is 1. The molecule has 1 fully saturated rings. The molecule has 0 unspecified atom stereocenters. The highest BCUT2D eigenvalue weighted by atomic mass is 19.1. The molecule has 0 aliphatic heterocycles. The van der Waals surface area contributed by atoms with Crippen LogP contribution in [0.2, 0.25) is 0 Å². The number of halogens is 2. The number of amides is 1. The second kappa shape index (κ2) is 8.47. The monoisotopic (exact) mass is 469 g/mol. The number of carbonyl (C=O) groups excluding carboxylic acids is 1. The molecule has 0 saturated heterocycles. The van der Waals surface area contributed by atoms with Crippen molar-refractivity contribution in [1.29, 1.82) is 0 Å². The molecule has 8 heteroatoms. The van der Waals surface area contributed by atoms with E-state index in [2.05, 4.69) is 20.6 Å². The van der Waals surface area contributed by atoms with Crippen LogP contribution in [-0.4, -0.2) is 26.3 Å². The van der Waals surface area contributed by atoms with Crippen molar-refractivity contribution in [2.75, 3.05) is 5.32 Å². The lowest BCUT2D eigenvalue weighted by molar-refractivity contribution is 0.0951. The molecular formula is C27H21F2N5O. The lowest BCUT2D eigenvalue weighted by atomic mass is 10.1. The van der Waals surface area contributed by atoms with Gasteiger partial charge in [0.05, 0.1) is 22.9 Å². The molecule has 2 N–H and O–H groups in total. The molecule has 0 atom stereocenters. The molecule has 0 spiro atoms. The molecule has 1 amide bonds. The van der Waals surface area contributed by atoms with Crippen LogP contribution in [0.25, 0.3) is 27.9 Å². The quantitative estimate of drug-likeness (QED) is 0.353. The molecule has 0 bridgehead atoms. The lowest BCUT2D eigenvalue weighted by Crippen LogP contribution is -2.25. The van der Waals surface area contributed by atoms with Crippen molar-refractivity contribution in [3.05, 3.63) is 95.7 Å². The molecule has 35 heavy (non-hydrogen) atoms. The second-order valence-corrected chi connectivity index (χ2v) is 8.70. The second-order valence-electron chi connectivity index (χ2n) is 8.70. The number of imidazole rings is 1. The summed E-state index contributed by atoms with van der Waals surface area (Å²) in [6, 6.07) is 18.2.